The molecule has 6 heteroatoms. The smallest absolute Gasteiger partial charge is 0.261 e. The molecule has 0 fully saturated rings. The maximum Gasteiger partial charge on any atom is 0.261 e. The largest absolute Gasteiger partial charge is 0.360 e. The molecular weight excluding hydrogens is 319 g/mol. The van der Waals surface area contributed by atoms with Crippen LogP contribution in [0.5, 0.6) is 0 Å². The summed E-state index contributed by atoms with van der Waals surface area (Å²) in [7, 11) is 0. The van der Waals surface area contributed by atoms with E-state index in [1.54, 1.807) is 6.92 Å². The van der Waals surface area contributed by atoms with Gasteiger partial charge in [-0.2, -0.15) is 0 Å². The van der Waals surface area contributed by atoms with Crippen molar-refractivity contribution < 1.29 is 13.7 Å². The molecule has 0 aliphatic rings. The van der Waals surface area contributed by atoms with E-state index in [0.29, 0.717) is 11.5 Å². The number of nitrogens with zero attached hydrogens (tertiary/aromatic N) is 1. The van der Waals surface area contributed by atoms with Crippen molar-refractivity contribution in [2.75, 3.05) is 5.32 Å². The van der Waals surface area contributed by atoms with Crippen molar-refractivity contribution in [2.45, 2.75) is 6.92 Å². The van der Waals surface area contributed by atoms with Crippen molar-refractivity contribution in [2.24, 2.45) is 0 Å². The number of hydrogen-bond donors (Lipinski definition) is 1. The molecule has 3 rings (SSSR count). The van der Waals surface area contributed by atoms with E-state index in [1.807, 2.05) is 30.3 Å². The molecule has 0 aliphatic carbocycles. The summed E-state index contributed by atoms with van der Waals surface area (Å²) >= 11 is 5.71. The number of rotatable bonds is 3. The number of aromatic nitrogens is 1. The Morgan fingerprint density at radius 1 is 1.22 bits per heavy atom. The lowest BCUT2D eigenvalue weighted by Gasteiger charge is -2.07. The lowest BCUT2D eigenvalue weighted by molar-refractivity contribution is 0.102. The second-order valence-corrected chi connectivity index (χ2v) is 5.34. The highest BCUT2D eigenvalue weighted by Crippen LogP contribution is 2.27. The van der Waals surface area contributed by atoms with E-state index < -0.39 is 11.7 Å². The molecule has 116 valence electrons. The molecule has 2 aromatic carbocycles. The van der Waals surface area contributed by atoms with E-state index in [1.165, 1.54) is 12.1 Å². The lowest BCUT2D eigenvalue weighted by Crippen LogP contribution is -2.14. The third kappa shape index (κ3) is 3.10. The van der Waals surface area contributed by atoms with Crippen LogP contribution >= 0.6 is 11.6 Å². The second kappa shape index (κ2) is 6.22. The maximum atomic E-state index is 13.8. The van der Waals surface area contributed by atoms with Crippen molar-refractivity contribution in [1.82, 2.24) is 5.16 Å². The average Bonchev–Trinajstić information content (AvgIpc) is 2.93. The SMILES string of the molecule is Cc1onc(-c2ccccc2)c1C(=O)Nc1ccc(Cl)cc1F. The Bertz CT molecular complexity index is 862. The Balaban J connectivity index is 1.96. The fourth-order valence-corrected chi connectivity index (χ4v) is 2.37. The minimum atomic E-state index is -0.610. The number of aryl methyl sites for hydroxylation is 1. The van der Waals surface area contributed by atoms with Crippen LogP contribution < -0.4 is 5.32 Å². The highest BCUT2D eigenvalue weighted by Gasteiger charge is 2.22. The molecule has 1 N–H and O–H groups in total. The summed E-state index contributed by atoms with van der Waals surface area (Å²) in [6.45, 7) is 1.63. The van der Waals surface area contributed by atoms with Gasteiger partial charge in [-0.3, -0.25) is 4.79 Å². The Hall–Kier alpha value is -2.66. The molecule has 1 aromatic heterocycles. The molecule has 0 bridgehead atoms. The number of carbonyl (C=O) groups excluding carboxylic acids is 1. The van der Waals surface area contributed by atoms with E-state index in [4.69, 9.17) is 16.1 Å². The molecule has 0 unspecified atom stereocenters. The quantitative estimate of drug-likeness (QED) is 0.757. The summed E-state index contributed by atoms with van der Waals surface area (Å²) in [6, 6.07) is 13.2. The van der Waals surface area contributed by atoms with Crippen molar-refractivity contribution in [1.29, 1.82) is 0 Å². The zero-order valence-electron chi connectivity index (χ0n) is 12.1. The van der Waals surface area contributed by atoms with Gasteiger partial charge in [0, 0.05) is 10.6 Å². The molecule has 0 spiro atoms. The number of carbonyl (C=O) groups is 1. The van der Waals surface area contributed by atoms with Crippen molar-refractivity contribution in [3.8, 4) is 11.3 Å². The fourth-order valence-electron chi connectivity index (χ4n) is 2.21. The molecule has 3 aromatic rings. The van der Waals surface area contributed by atoms with Crippen LogP contribution in [0.15, 0.2) is 53.1 Å². The molecule has 0 saturated carbocycles. The van der Waals surface area contributed by atoms with E-state index in [9.17, 15) is 9.18 Å². The zero-order valence-corrected chi connectivity index (χ0v) is 12.9. The molecule has 1 amide bonds. The van der Waals surface area contributed by atoms with Crippen molar-refractivity contribution in [3.05, 3.63) is 70.7 Å². The predicted octanol–water partition coefficient (Wildman–Crippen LogP) is 4.69. The third-order valence-electron chi connectivity index (χ3n) is 3.32. The summed E-state index contributed by atoms with van der Waals surface area (Å²) in [5, 5.41) is 6.71. The Morgan fingerprint density at radius 2 is 1.96 bits per heavy atom. The van der Waals surface area contributed by atoms with Crippen molar-refractivity contribution >= 4 is 23.2 Å². The third-order valence-corrected chi connectivity index (χ3v) is 3.55. The summed E-state index contributed by atoms with van der Waals surface area (Å²) in [5.74, 6) is -0.749. The van der Waals surface area contributed by atoms with Crippen molar-refractivity contribution in [3.63, 3.8) is 0 Å². The van der Waals surface area contributed by atoms with Gasteiger partial charge in [-0.05, 0) is 25.1 Å². The number of anilines is 1. The first kappa shape index (κ1) is 15.2. The van der Waals surface area contributed by atoms with Crippen LogP contribution in [0.25, 0.3) is 11.3 Å². The fraction of sp³-hybridized carbons (Fsp3) is 0.0588. The minimum absolute atomic E-state index is 0.0408. The molecule has 1 heterocycles. The van der Waals surface area contributed by atoms with E-state index in [2.05, 4.69) is 10.5 Å². The molecular formula is C17H12ClFN2O2. The van der Waals surface area contributed by atoms with Gasteiger partial charge in [0.2, 0.25) is 0 Å². The van der Waals surface area contributed by atoms with E-state index >= 15 is 0 Å². The van der Waals surface area contributed by atoms with Gasteiger partial charge in [-0.15, -0.1) is 0 Å². The van der Waals surface area contributed by atoms with E-state index in [-0.39, 0.29) is 16.3 Å². The zero-order chi connectivity index (χ0) is 16.4. The average molecular weight is 331 g/mol. The summed E-state index contributed by atoms with van der Waals surface area (Å²) in [4.78, 5) is 12.5. The first-order valence-electron chi connectivity index (χ1n) is 6.84. The van der Waals surface area contributed by atoms with Gasteiger partial charge in [0.25, 0.3) is 5.91 Å². The van der Waals surface area contributed by atoms with Gasteiger partial charge in [0.1, 0.15) is 22.8 Å². The molecule has 4 nitrogen and oxygen atoms in total. The van der Waals surface area contributed by atoms with Gasteiger partial charge < -0.3 is 9.84 Å². The van der Waals surface area contributed by atoms with Crippen LogP contribution in [0.3, 0.4) is 0 Å². The van der Waals surface area contributed by atoms with Gasteiger partial charge in [-0.25, -0.2) is 4.39 Å². The monoisotopic (exact) mass is 330 g/mol. The Labute approximate surface area is 136 Å². The number of amides is 1. The molecule has 0 radical (unpaired) electrons. The van der Waals surface area contributed by atoms with Crippen LogP contribution in [0.1, 0.15) is 16.1 Å². The van der Waals surface area contributed by atoms with Crippen LogP contribution in [0.2, 0.25) is 5.02 Å². The lowest BCUT2D eigenvalue weighted by atomic mass is 10.1. The summed E-state index contributed by atoms with van der Waals surface area (Å²) < 4.78 is 19.0. The number of hydrogen-bond acceptors (Lipinski definition) is 3. The topological polar surface area (TPSA) is 55.1 Å². The maximum absolute atomic E-state index is 13.8. The first-order chi connectivity index (χ1) is 11.1. The minimum Gasteiger partial charge on any atom is -0.360 e. The van der Waals surface area contributed by atoms with Gasteiger partial charge in [0.15, 0.2) is 0 Å². The second-order valence-electron chi connectivity index (χ2n) is 4.91. The van der Waals surface area contributed by atoms with Gasteiger partial charge in [0.05, 0.1) is 5.69 Å². The summed E-state index contributed by atoms with van der Waals surface area (Å²) in [6.07, 6.45) is 0. The van der Waals surface area contributed by atoms with Gasteiger partial charge >= 0.3 is 0 Å². The van der Waals surface area contributed by atoms with Crippen LogP contribution in [0.4, 0.5) is 10.1 Å². The standard InChI is InChI=1S/C17H12ClFN2O2/c1-10-15(16(21-23-10)11-5-3-2-4-6-11)17(22)20-14-8-7-12(18)9-13(14)19/h2-9H,1H3,(H,20,22). The summed E-state index contributed by atoms with van der Waals surface area (Å²) in [5.41, 5.74) is 1.46. The number of halogens is 2. The molecule has 0 aliphatic heterocycles. The normalized spacial score (nSPS) is 10.6. The van der Waals surface area contributed by atoms with Crippen LogP contribution in [-0.4, -0.2) is 11.1 Å². The highest BCUT2D eigenvalue weighted by atomic mass is 35.5. The number of benzene rings is 2. The first-order valence-corrected chi connectivity index (χ1v) is 7.22. The molecule has 0 saturated heterocycles. The predicted molar refractivity (Wildman–Crippen MR) is 86.0 cm³/mol. The highest BCUT2D eigenvalue weighted by molar-refractivity contribution is 6.30. The number of nitrogens with one attached hydrogen (secondary N) is 1. The van der Waals surface area contributed by atoms with Crippen LogP contribution in [-0.2, 0) is 0 Å². The van der Waals surface area contributed by atoms with E-state index in [0.717, 1.165) is 11.6 Å². The van der Waals surface area contributed by atoms with Gasteiger partial charge in [-0.1, -0.05) is 47.1 Å². The molecule has 0 atom stereocenters. The molecule has 23 heavy (non-hydrogen) atoms. The Morgan fingerprint density at radius 3 is 2.65 bits per heavy atom. The Kier molecular flexibility index (Phi) is 4.12. The van der Waals surface area contributed by atoms with Crippen LogP contribution in [0, 0.1) is 12.7 Å².